The van der Waals surface area contributed by atoms with E-state index < -0.39 is 41.1 Å². The van der Waals surface area contributed by atoms with Crippen molar-refractivity contribution in [2.45, 2.75) is 122 Å². The summed E-state index contributed by atoms with van der Waals surface area (Å²) >= 11 is 0. The van der Waals surface area contributed by atoms with Crippen molar-refractivity contribution in [1.29, 1.82) is 0 Å². The van der Waals surface area contributed by atoms with E-state index in [0.717, 1.165) is 51.4 Å². The molecule has 0 spiro atoms. The SMILES string of the molecule is CC1(NC(=O)NC(C(=O)N2CCCC2C(=O)NC(CC2CCC2)C(=O)C(N)=O)C(C)(C)C)CCCCC1. The first-order chi connectivity index (χ1) is 17.3. The third-order valence-corrected chi connectivity index (χ3v) is 8.27. The molecule has 1 heterocycles. The van der Waals surface area contributed by atoms with Crippen LogP contribution in [0.1, 0.15) is 98.3 Å². The van der Waals surface area contributed by atoms with Crippen molar-refractivity contribution in [2.75, 3.05) is 6.54 Å². The Hall–Kier alpha value is -2.65. The van der Waals surface area contributed by atoms with Crippen LogP contribution >= 0.6 is 0 Å². The normalized spacial score (nSPS) is 23.4. The lowest BCUT2D eigenvalue weighted by Gasteiger charge is -2.38. The largest absolute Gasteiger partial charge is 0.363 e. The Labute approximate surface area is 220 Å². The number of primary amides is 1. The summed E-state index contributed by atoms with van der Waals surface area (Å²) in [5.41, 5.74) is 4.34. The van der Waals surface area contributed by atoms with E-state index in [2.05, 4.69) is 16.0 Å². The number of rotatable bonds is 9. The monoisotopic (exact) mass is 519 g/mol. The van der Waals surface area contributed by atoms with Crippen LogP contribution in [0.15, 0.2) is 0 Å². The molecule has 10 nitrogen and oxygen atoms in total. The smallest absolute Gasteiger partial charge is 0.315 e. The van der Waals surface area contributed by atoms with Crippen LogP contribution in [0, 0.1) is 11.3 Å². The van der Waals surface area contributed by atoms with Gasteiger partial charge in [0.2, 0.25) is 17.6 Å². The number of ketones is 1. The number of hydrogen-bond acceptors (Lipinski definition) is 5. The number of nitrogens with one attached hydrogen (secondary N) is 3. The van der Waals surface area contributed by atoms with Crippen LogP contribution in [0.5, 0.6) is 0 Å². The molecule has 1 saturated heterocycles. The molecule has 208 valence electrons. The lowest BCUT2D eigenvalue weighted by Crippen LogP contribution is -2.61. The molecule has 5 amide bonds. The Morgan fingerprint density at radius 1 is 0.946 bits per heavy atom. The molecule has 2 aliphatic carbocycles. The lowest BCUT2D eigenvalue weighted by molar-refractivity contribution is -0.143. The van der Waals surface area contributed by atoms with Crippen molar-refractivity contribution >= 4 is 29.5 Å². The van der Waals surface area contributed by atoms with Crippen molar-refractivity contribution in [1.82, 2.24) is 20.9 Å². The first kappa shape index (κ1) is 28.9. The molecule has 1 aliphatic heterocycles. The molecule has 0 aromatic heterocycles. The number of hydrogen-bond donors (Lipinski definition) is 4. The fourth-order valence-electron chi connectivity index (χ4n) is 5.75. The van der Waals surface area contributed by atoms with Gasteiger partial charge in [0.05, 0.1) is 6.04 Å². The predicted octanol–water partition coefficient (Wildman–Crippen LogP) is 2.14. The highest BCUT2D eigenvalue weighted by molar-refractivity contribution is 6.37. The number of nitrogens with zero attached hydrogens (tertiary/aromatic N) is 1. The van der Waals surface area contributed by atoms with Gasteiger partial charge >= 0.3 is 6.03 Å². The van der Waals surface area contributed by atoms with Gasteiger partial charge in [0.15, 0.2) is 0 Å². The molecule has 0 bridgehead atoms. The molecule has 3 fully saturated rings. The second kappa shape index (κ2) is 11.8. The zero-order chi connectivity index (χ0) is 27.4. The summed E-state index contributed by atoms with van der Waals surface area (Å²) in [5.74, 6) is -2.40. The Bertz CT molecular complexity index is 888. The zero-order valence-corrected chi connectivity index (χ0v) is 22.9. The molecule has 3 aliphatic rings. The highest BCUT2D eigenvalue weighted by Gasteiger charge is 2.43. The molecular weight excluding hydrogens is 474 g/mol. The van der Waals surface area contributed by atoms with Crippen molar-refractivity contribution in [3.8, 4) is 0 Å². The van der Waals surface area contributed by atoms with Crippen LogP contribution in [-0.2, 0) is 19.2 Å². The minimum Gasteiger partial charge on any atom is -0.363 e. The molecule has 0 aromatic carbocycles. The number of nitrogens with two attached hydrogens (primary N) is 1. The molecule has 3 rings (SSSR count). The molecule has 37 heavy (non-hydrogen) atoms. The summed E-state index contributed by atoms with van der Waals surface area (Å²) in [6.07, 6.45) is 9.48. The van der Waals surface area contributed by atoms with Gasteiger partial charge in [-0.05, 0) is 50.4 Å². The number of likely N-dealkylation sites (tertiary alicyclic amines) is 1. The highest BCUT2D eigenvalue weighted by Crippen LogP contribution is 2.31. The molecule has 0 radical (unpaired) electrons. The van der Waals surface area contributed by atoms with Gasteiger partial charge in [0.1, 0.15) is 12.1 Å². The third-order valence-electron chi connectivity index (χ3n) is 8.27. The Kier molecular flexibility index (Phi) is 9.23. The van der Waals surface area contributed by atoms with E-state index in [1.165, 1.54) is 4.90 Å². The Morgan fingerprint density at radius 3 is 2.14 bits per heavy atom. The fourth-order valence-corrected chi connectivity index (χ4v) is 5.75. The van der Waals surface area contributed by atoms with Gasteiger partial charge in [-0.1, -0.05) is 59.3 Å². The fraction of sp³-hybridized carbons (Fsp3) is 0.815. The Morgan fingerprint density at radius 2 is 1.59 bits per heavy atom. The number of Topliss-reactive ketones (excluding diaryl/α,β-unsaturated/α-hetero) is 1. The maximum absolute atomic E-state index is 13.7. The molecule has 10 heteroatoms. The van der Waals surface area contributed by atoms with E-state index in [-0.39, 0.29) is 23.4 Å². The first-order valence-electron chi connectivity index (χ1n) is 13.8. The van der Waals surface area contributed by atoms with Crippen molar-refractivity contribution in [3.63, 3.8) is 0 Å². The summed E-state index contributed by atoms with van der Waals surface area (Å²) in [5, 5.41) is 8.69. The summed E-state index contributed by atoms with van der Waals surface area (Å²) in [6.45, 7) is 8.05. The van der Waals surface area contributed by atoms with Gasteiger partial charge in [-0.3, -0.25) is 19.2 Å². The van der Waals surface area contributed by atoms with E-state index in [4.69, 9.17) is 5.73 Å². The van der Waals surface area contributed by atoms with Gasteiger partial charge in [-0.15, -0.1) is 0 Å². The highest BCUT2D eigenvalue weighted by atomic mass is 16.2. The van der Waals surface area contributed by atoms with Crippen LogP contribution in [0.4, 0.5) is 4.79 Å². The molecule has 0 aromatic rings. The quantitative estimate of drug-likeness (QED) is 0.344. The summed E-state index contributed by atoms with van der Waals surface area (Å²) in [7, 11) is 0. The predicted molar refractivity (Wildman–Crippen MR) is 139 cm³/mol. The molecule has 5 N–H and O–H groups in total. The van der Waals surface area contributed by atoms with Crippen molar-refractivity contribution in [2.24, 2.45) is 17.1 Å². The van der Waals surface area contributed by atoms with E-state index >= 15 is 0 Å². The van der Waals surface area contributed by atoms with Crippen LogP contribution in [0.2, 0.25) is 0 Å². The molecular formula is C27H45N5O5. The van der Waals surface area contributed by atoms with Crippen LogP contribution in [0.3, 0.4) is 0 Å². The van der Waals surface area contributed by atoms with Crippen LogP contribution < -0.4 is 21.7 Å². The summed E-state index contributed by atoms with van der Waals surface area (Å²) in [6, 6.07) is -2.98. The van der Waals surface area contributed by atoms with E-state index in [1.807, 2.05) is 27.7 Å². The Balaban J connectivity index is 1.69. The third kappa shape index (κ3) is 7.45. The standard InChI is InChI=1S/C27H45N5O5/c1-26(2,3)21(30-25(37)31-27(4)13-6-5-7-14-27)24(36)32-15-9-12-19(32)23(35)29-18(20(33)22(28)34)16-17-10-8-11-17/h17-19,21H,5-16H2,1-4H3,(H2,28,34)(H,29,35)(H2,30,31,37). The van der Waals surface area contributed by atoms with Crippen molar-refractivity contribution < 1.29 is 24.0 Å². The first-order valence-corrected chi connectivity index (χ1v) is 13.8. The van der Waals surface area contributed by atoms with E-state index in [1.54, 1.807) is 0 Å². The molecule has 3 atom stereocenters. The van der Waals surface area contributed by atoms with Crippen LogP contribution in [-0.4, -0.2) is 64.6 Å². The summed E-state index contributed by atoms with van der Waals surface area (Å²) < 4.78 is 0. The zero-order valence-electron chi connectivity index (χ0n) is 22.9. The van der Waals surface area contributed by atoms with Gasteiger partial charge < -0.3 is 26.6 Å². The van der Waals surface area contributed by atoms with Gasteiger partial charge in [-0.25, -0.2) is 4.79 Å². The minimum atomic E-state index is -1.07. The molecule has 3 unspecified atom stereocenters. The maximum Gasteiger partial charge on any atom is 0.315 e. The van der Waals surface area contributed by atoms with Gasteiger partial charge in [0.25, 0.3) is 5.91 Å². The van der Waals surface area contributed by atoms with E-state index in [0.29, 0.717) is 25.8 Å². The second-order valence-corrected chi connectivity index (χ2v) is 12.5. The topological polar surface area (TPSA) is 151 Å². The van der Waals surface area contributed by atoms with Crippen LogP contribution in [0.25, 0.3) is 0 Å². The lowest BCUT2D eigenvalue weighted by atomic mass is 9.80. The average Bonchev–Trinajstić information content (AvgIpc) is 3.27. The second-order valence-electron chi connectivity index (χ2n) is 12.5. The maximum atomic E-state index is 13.7. The number of amides is 5. The number of carbonyl (C=O) groups is 5. The number of urea groups is 1. The molecule has 2 saturated carbocycles. The van der Waals surface area contributed by atoms with Crippen molar-refractivity contribution in [3.05, 3.63) is 0 Å². The van der Waals surface area contributed by atoms with E-state index in [9.17, 15) is 24.0 Å². The van der Waals surface area contributed by atoms with Gasteiger partial charge in [-0.2, -0.15) is 0 Å². The minimum absolute atomic E-state index is 0.272. The van der Waals surface area contributed by atoms with Gasteiger partial charge in [0, 0.05) is 12.1 Å². The number of carbonyl (C=O) groups excluding carboxylic acids is 5. The average molecular weight is 520 g/mol. The summed E-state index contributed by atoms with van der Waals surface area (Å²) in [4.78, 5) is 65.5.